The van der Waals surface area contributed by atoms with Crippen molar-refractivity contribution >= 4 is 17.6 Å². The van der Waals surface area contributed by atoms with Crippen molar-refractivity contribution in [2.75, 3.05) is 19.6 Å². The lowest BCUT2D eigenvalue weighted by molar-refractivity contribution is 0.187. The van der Waals surface area contributed by atoms with Crippen LogP contribution in [-0.2, 0) is 0 Å². The summed E-state index contributed by atoms with van der Waals surface area (Å²) in [6.07, 6.45) is 1.71. The molecular weight excluding hydrogens is 286 g/mol. The van der Waals surface area contributed by atoms with Crippen molar-refractivity contribution < 1.29 is 5.11 Å². The monoisotopic (exact) mass is 307 g/mol. The van der Waals surface area contributed by atoms with Gasteiger partial charge in [-0.1, -0.05) is 23.7 Å². The van der Waals surface area contributed by atoms with E-state index in [9.17, 15) is 5.11 Å². The molecule has 5 heteroatoms. The molecule has 0 spiro atoms. The van der Waals surface area contributed by atoms with Crippen LogP contribution in [0.3, 0.4) is 0 Å². The number of hydrogen-bond donors (Lipinski definition) is 2. The first-order valence-electron chi connectivity index (χ1n) is 7.67. The minimum atomic E-state index is -0.225. The largest absolute Gasteiger partial charge is 0.391 e. The van der Waals surface area contributed by atoms with E-state index in [1.54, 1.807) is 0 Å². The average molecular weight is 308 g/mol. The fraction of sp³-hybridized carbons (Fsp3) is 0.562. The zero-order valence-electron chi connectivity index (χ0n) is 12.3. The van der Waals surface area contributed by atoms with Gasteiger partial charge in [-0.3, -0.25) is 4.99 Å². The van der Waals surface area contributed by atoms with Gasteiger partial charge in [0.15, 0.2) is 5.96 Å². The maximum atomic E-state index is 9.69. The fourth-order valence-electron chi connectivity index (χ4n) is 2.95. The molecule has 0 radical (unpaired) electrons. The van der Waals surface area contributed by atoms with Crippen LogP contribution in [0.2, 0.25) is 5.02 Å². The molecule has 1 aliphatic heterocycles. The molecule has 1 saturated carbocycles. The predicted molar refractivity (Wildman–Crippen MR) is 85.9 cm³/mol. The van der Waals surface area contributed by atoms with Crippen molar-refractivity contribution in [3.63, 3.8) is 0 Å². The van der Waals surface area contributed by atoms with Gasteiger partial charge in [0.25, 0.3) is 0 Å². The second kappa shape index (κ2) is 6.24. The van der Waals surface area contributed by atoms with E-state index < -0.39 is 0 Å². The minimum absolute atomic E-state index is 0.225. The number of nitrogens with one attached hydrogen (secondary N) is 1. The molecule has 3 atom stereocenters. The molecule has 21 heavy (non-hydrogen) atoms. The second-order valence-electron chi connectivity index (χ2n) is 5.83. The molecule has 1 heterocycles. The molecule has 1 saturated heterocycles. The summed E-state index contributed by atoms with van der Waals surface area (Å²) in [4.78, 5) is 6.72. The lowest BCUT2D eigenvalue weighted by atomic mass is 10.1. The van der Waals surface area contributed by atoms with Crippen molar-refractivity contribution in [1.82, 2.24) is 10.2 Å². The molecule has 0 bridgehead atoms. The number of β-amino-alcohol motifs (C(OH)–C–C–N with tert-alkyl or cyclic N) is 1. The average Bonchev–Trinajstić information content (AvgIpc) is 3.10. The number of nitrogens with zero attached hydrogens (tertiary/aromatic N) is 2. The highest BCUT2D eigenvalue weighted by Crippen LogP contribution is 2.41. The normalized spacial score (nSPS) is 28.8. The number of benzene rings is 1. The van der Waals surface area contributed by atoms with Gasteiger partial charge >= 0.3 is 0 Å². The molecule has 1 aromatic rings. The number of aliphatic hydroxyl groups excluding tert-OH is 1. The number of rotatable bonds is 3. The van der Waals surface area contributed by atoms with E-state index in [1.165, 1.54) is 5.56 Å². The molecule has 114 valence electrons. The number of hydrogen-bond acceptors (Lipinski definition) is 2. The Balaban J connectivity index is 1.62. The van der Waals surface area contributed by atoms with Crippen molar-refractivity contribution in [2.24, 2.45) is 4.99 Å². The van der Waals surface area contributed by atoms with Crippen LogP contribution in [0.15, 0.2) is 29.3 Å². The van der Waals surface area contributed by atoms with Crippen LogP contribution in [0.5, 0.6) is 0 Å². The Kier molecular flexibility index (Phi) is 4.36. The minimum Gasteiger partial charge on any atom is -0.391 e. The molecule has 0 amide bonds. The Labute approximate surface area is 130 Å². The van der Waals surface area contributed by atoms with Gasteiger partial charge in [-0.2, -0.15) is 0 Å². The summed E-state index contributed by atoms with van der Waals surface area (Å²) in [5.74, 6) is 1.45. The quantitative estimate of drug-likeness (QED) is 0.665. The van der Waals surface area contributed by atoms with Crippen LogP contribution in [-0.4, -0.2) is 47.7 Å². The van der Waals surface area contributed by atoms with Crippen molar-refractivity contribution in [2.45, 2.75) is 37.8 Å². The molecule has 0 aromatic heterocycles. The first-order chi connectivity index (χ1) is 10.2. The van der Waals surface area contributed by atoms with Gasteiger partial charge in [0, 0.05) is 36.6 Å². The van der Waals surface area contributed by atoms with Crippen LogP contribution in [0, 0.1) is 0 Å². The molecule has 4 nitrogen and oxygen atoms in total. The van der Waals surface area contributed by atoms with Gasteiger partial charge in [0.1, 0.15) is 0 Å². The summed E-state index contributed by atoms with van der Waals surface area (Å²) >= 11 is 6.06. The molecule has 2 N–H and O–H groups in total. The van der Waals surface area contributed by atoms with E-state index in [2.05, 4.69) is 21.3 Å². The lowest BCUT2D eigenvalue weighted by Crippen LogP contribution is -2.42. The van der Waals surface area contributed by atoms with E-state index in [1.807, 2.05) is 25.1 Å². The van der Waals surface area contributed by atoms with E-state index in [0.717, 1.165) is 36.9 Å². The van der Waals surface area contributed by atoms with E-state index in [4.69, 9.17) is 11.6 Å². The lowest BCUT2D eigenvalue weighted by Gasteiger charge is -2.21. The summed E-state index contributed by atoms with van der Waals surface area (Å²) in [7, 11) is 0. The van der Waals surface area contributed by atoms with E-state index >= 15 is 0 Å². The summed E-state index contributed by atoms with van der Waals surface area (Å²) < 4.78 is 0. The first kappa shape index (κ1) is 14.7. The third-order valence-electron chi connectivity index (χ3n) is 4.15. The number of likely N-dealkylation sites (tertiary alicyclic amines) is 1. The van der Waals surface area contributed by atoms with Crippen LogP contribution in [0.25, 0.3) is 0 Å². The van der Waals surface area contributed by atoms with Crippen molar-refractivity contribution in [1.29, 1.82) is 0 Å². The molecule has 2 aliphatic rings. The van der Waals surface area contributed by atoms with Crippen LogP contribution < -0.4 is 5.32 Å². The third-order valence-corrected chi connectivity index (χ3v) is 4.39. The maximum absolute atomic E-state index is 9.69. The highest BCUT2D eigenvalue weighted by Gasteiger charge is 2.40. The van der Waals surface area contributed by atoms with Crippen LogP contribution in [0.4, 0.5) is 0 Å². The highest BCUT2D eigenvalue weighted by molar-refractivity contribution is 6.30. The fourth-order valence-corrected chi connectivity index (χ4v) is 3.15. The number of aliphatic hydroxyl groups is 1. The molecule has 2 unspecified atom stereocenters. The number of aliphatic imine (C=N–C) groups is 1. The van der Waals surface area contributed by atoms with Gasteiger partial charge in [-0.05, 0) is 37.5 Å². The van der Waals surface area contributed by atoms with Crippen LogP contribution in [0.1, 0.15) is 31.2 Å². The van der Waals surface area contributed by atoms with Crippen molar-refractivity contribution in [3.05, 3.63) is 34.9 Å². The van der Waals surface area contributed by atoms with Gasteiger partial charge in [0.2, 0.25) is 0 Å². The standard InChI is InChI=1S/C16H22ClN3O/c1-2-18-16(20-7-6-13(21)10-20)19-15-9-14(15)11-4-3-5-12(17)8-11/h3-5,8,13-15,21H,2,6-7,9-10H2,1H3,(H,18,19)/t13-,14?,15?/m1/s1. The maximum Gasteiger partial charge on any atom is 0.194 e. The predicted octanol–water partition coefficient (Wildman–Crippen LogP) is 2.23. The number of guanidine groups is 1. The van der Waals surface area contributed by atoms with Gasteiger partial charge in [-0.15, -0.1) is 0 Å². The highest BCUT2D eigenvalue weighted by atomic mass is 35.5. The summed E-state index contributed by atoms with van der Waals surface area (Å²) in [6.45, 7) is 4.35. The van der Waals surface area contributed by atoms with Crippen LogP contribution >= 0.6 is 11.6 Å². The Hall–Kier alpha value is -1.26. The smallest absolute Gasteiger partial charge is 0.194 e. The van der Waals surface area contributed by atoms with Crippen molar-refractivity contribution in [3.8, 4) is 0 Å². The number of halogens is 1. The molecular formula is C16H22ClN3O. The summed E-state index contributed by atoms with van der Waals surface area (Å²) in [5, 5.41) is 14.0. The summed E-state index contributed by atoms with van der Waals surface area (Å²) in [5.41, 5.74) is 1.29. The third kappa shape index (κ3) is 3.50. The molecule has 2 fully saturated rings. The summed E-state index contributed by atoms with van der Waals surface area (Å²) in [6, 6.07) is 8.51. The van der Waals surface area contributed by atoms with Gasteiger partial charge in [-0.25, -0.2) is 0 Å². The molecule has 3 rings (SSSR count). The first-order valence-corrected chi connectivity index (χ1v) is 8.04. The Morgan fingerprint density at radius 2 is 2.38 bits per heavy atom. The topological polar surface area (TPSA) is 47.9 Å². The Morgan fingerprint density at radius 1 is 1.52 bits per heavy atom. The van der Waals surface area contributed by atoms with E-state index in [0.29, 0.717) is 18.5 Å². The van der Waals surface area contributed by atoms with Gasteiger partial charge in [0.05, 0.1) is 6.10 Å². The molecule has 1 aromatic carbocycles. The zero-order chi connectivity index (χ0) is 14.8. The Morgan fingerprint density at radius 3 is 3.05 bits per heavy atom. The SMILES string of the molecule is CCN=C(NC1CC1c1cccc(Cl)c1)N1CC[C@@H](O)C1. The zero-order valence-corrected chi connectivity index (χ0v) is 13.1. The Bertz CT molecular complexity index is 534. The van der Waals surface area contributed by atoms with E-state index in [-0.39, 0.29) is 6.10 Å². The molecule has 1 aliphatic carbocycles. The van der Waals surface area contributed by atoms with Gasteiger partial charge < -0.3 is 15.3 Å². The second-order valence-corrected chi connectivity index (χ2v) is 6.27.